The van der Waals surface area contributed by atoms with Gasteiger partial charge in [0.2, 0.25) is 0 Å². The Bertz CT molecular complexity index is 644. The topological polar surface area (TPSA) is 72.2 Å². The summed E-state index contributed by atoms with van der Waals surface area (Å²) in [6, 6.07) is 13.3. The van der Waals surface area contributed by atoms with Crippen LogP contribution in [0.5, 0.6) is 0 Å². The Kier molecular flexibility index (Phi) is 4.32. The Morgan fingerprint density at radius 2 is 1.90 bits per heavy atom. The zero-order valence-electron chi connectivity index (χ0n) is 10.4. The predicted octanol–water partition coefficient (Wildman–Crippen LogP) is 3.18. The smallest absolute Gasteiger partial charge is 0.288 e. The number of carbonyl (C=O) groups is 1. The van der Waals surface area contributed by atoms with Gasteiger partial charge in [0.15, 0.2) is 0 Å². The molecule has 0 aromatic heterocycles. The van der Waals surface area contributed by atoms with Crippen molar-refractivity contribution in [1.29, 1.82) is 0 Å². The predicted molar refractivity (Wildman–Crippen MR) is 75.7 cm³/mol. The van der Waals surface area contributed by atoms with Crippen molar-refractivity contribution in [2.45, 2.75) is 6.54 Å². The molecule has 0 fully saturated rings. The van der Waals surface area contributed by atoms with Crippen LogP contribution in [-0.2, 0) is 6.54 Å². The lowest BCUT2D eigenvalue weighted by molar-refractivity contribution is -0.384. The Balaban J connectivity index is 2.10. The first-order valence-corrected chi connectivity index (χ1v) is 6.22. The van der Waals surface area contributed by atoms with Gasteiger partial charge < -0.3 is 5.32 Å². The van der Waals surface area contributed by atoms with Gasteiger partial charge in [0.25, 0.3) is 11.6 Å². The van der Waals surface area contributed by atoms with Crippen molar-refractivity contribution in [2.75, 3.05) is 0 Å². The van der Waals surface area contributed by atoms with Crippen molar-refractivity contribution in [3.8, 4) is 0 Å². The number of nitrogens with one attached hydrogen (secondary N) is 1. The van der Waals surface area contributed by atoms with E-state index in [0.717, 1.165) is 5.56 Å². The summed E-state index contributed by atoms with van der Waals surface area (Å²) in [6.45, 7) is 0.357. The van der Waals surface area contributed by atoms with E-state index < -0.39 is 4.92 Å². The Labute approximate surface area is 120 Å². The minimum absolute atomic E-state index is 0.00890. The second-order valence-corrected chi connectivity index (χ2v) is 4.50. The molecule has 0 saturated carbocycles. The molecule has 0 aliphatic carbocycles. The molecular formula is C14H11ClN2O3. The molecule has 0 bridgehead atoms. The lowest BCUT2D eigenvalue weighted by atomic mass is 10.1. The van der Waals surface area contributed by atoms with Gasteiger partial charge in [-0.3, -0.25) is 14.9 Å². The molecule has 2 rings (SSSR count). The van der Waals surface area contributed by atoms with Gasteiger partial charge in [-0.25, -0.2) is 0 Å². The standard InChI is InChI=1S/C14H11ClN2O3/c15-12-7-6-11(8-13(12)17(19)20)14(18)16-9-10-4-2-1-3-5-10/h1-8H,9H2,(H,16,18). The maximum absolute atomic E-state index is 11.9. The second kappa shape index (κ2) is 6.16. The maximum Gasteiger partial charge on any atom is 0.288 e. The Morgan fingerprint density at radius 1 is 1.20 bits per heavy atom. The molecule has 0 aliphatic heterocycles. The van der Waals surface area contributed by atoms with Gasteiger partial charge in [0.1, 0.15) is 5.02 Å². The highest BCUT2D eigenvalue weighted by atomic mass is 35.5. The van der Waals surface area contributed by atoms with E-state index in [-0.39, 0.29) is 22.2 Å². The number of nitrogens with zero attached hydrogens (tertiary/aromatic N) is 1. The monoisotopic (exact) mass is 290 g/mol. The van der Waals surface area contributed by atoms with Gasteiger partial charge in [0, 0.05) is 18.2 Å². The van der Waals surface area contributed by atoms with Crippen LogP contribution in [0.2, 0.25) is 5.02 Å². The van der Waals surface area contributed by atoms with Gasteiger partial charge >= 0.3 is 0 Å². The van der Waals surface area contributed by atoms with E-state index in [1.54, 1.807) is 0 Å². The molecule has 20 heavy (non-hydrogen) atoms. The summed E-state index contributed by atoms with van der Waals surface area (Å²) in [5, 5.41) is 13.5. The molecule has 2 aromatic carbocycles. The molecule has 0 radical (unpaired) electrons. The van der Waals surface area contributed by atoms with E-state index in [2.05, 4.69) is 5.32 Å². The van der Waals surface area contributed by atoms with Crippen molar-refractivity contribution in [1.82, 2.24) is 5.32 Å². The Morgan fingerprint density at radius 3 is 2.55 bits per heavy atom. The molecular weight excluding hydrogens is 280 g/mol. The van der Waals surface area contributed by atoms with Crippen LogP contribution < -0.4 is 5.32 Å². The SMILES string of the molecule is O=C(NCc1ccccc1)c1ccc(Cl)c([N+](=O)[O-])c1. The molecule has 102 valence electrons. The van der Waals surface area contributed by atoms with Crippen LogP contribution in [0.25, 0.3) is 0 Å². The van der Waals surface area contributed by atoms with E-state index in [9.17, 15) is 14.9 Å². The summed E-state index contributed by atoms with van der Waals surface area (Å²) in [4.78, 5) is 22.1. The first-order valence-electron chi connectivity index (χ1n) is 5.84. The number of nitro groups is 1. The first-order chi connectivity index (χ1) is 9.58. The average molecular weight is 291 g/mol. The molecule has 1 N–H and O–H groups in total. The number of halogens is 1. The largest absolute Gasteiger partial charge is 0.348 e. The van der Waals surface area contributed by atoms with Crippen LogP contribution in [-0.4, -0.2) is 10.8 Å². The second-order valence-electron chi connectivity index (χ2n) is 4.09. The zero-order valence-corrected chi connectivity index (χ0v) is 11.1. The lowest BCUT2D eigenvalue weighted by Gasteiger charge is -2.05. The third-order valence-electron chi connectivity index (χ3n) is 2.70. The van der Waals surface area contributed by atoms with Crippen LogP contribution in [0.15, 0.2) is 48.5 Å². The molecule has 0 heterocycles. The number of benzene rings is 2. The van der Waals surface area contributed by atoms with Crippen molar-refractivity contribution >= 4 is 23.2 Å². The van der Waals surface area contributed by atoms with Crippen LogP contribution in [0.4, 0.5) is 5.69 Å². The molecule has 6 heteroatoms. The average Bonchev–Trinajstić information content (AvgIpc) is 2.46. The van der Waals surface area contributed by atoms with Gasteiger partial charge in [-0.2, -0.15) is 0 Å². The summed E-state index contributed by atoms with van der Waals surface area (Å²) in [5.41, 5.74) is 0.875. The first kappa shape index (κ1) is 14.0. The minimum Gasteiger partial charge on any atom is -0.348 e. The van der Waals surface area contributed by atoms with Gasteiger partial charge in [-0.15, -0.1) is 0 Å². The highest BCUT2D eigenvalue weighted by Crippen LogP contribution is 2.24. The molecule has 5 nitrogen and oxygen atoms in total. The van der Waals surface area contributed by atoms with Crippen LogP contribution in [0, 0.1) is 10.1 Å². The van der Waals surface area contributed by atoms with Crippen molar-refractivity contribution < 1.29 is 9.72 Å². The molecule has 2 aromatic rings. The van der Waals surface area contributed by atoms with E-state index in [0.29, 0.717) is 6.54 Å². The molecule has 0 spiro atoms. The number of hydrogen-bond donors (Lipinski definition) is 1. The minimum atomic E-state index is -0.615. The number of rotatable bonds is 4. The van der Waals surface area contributed by atoms with Gasteiger partial charge in [0.05, 0.1) is 4.92 Å². The fourth-order valence-electron chi connectivity index (χ4n) is 1.67. The van der Waals surface area contributed by atoms with Gasteiger partial charge in [-0.05, 0) is 17.7 Å². The lowest BCUT2D eigenvalue weighted by Crippen LogP contribution is -2.22. The maximum atomic E-state index is 11.9. The molecule has 0 saturated heterocycles. The molecule has 0 aliphatic rings. The van der Waals surface area contributed by atoms with Crippen molar-refractivity contribution in [3.05, 3.63) is 74.8 Å². The summed E-state index contributed by atoms with van der Waals surface area (Å²) >= 11 is 5.70. The molecule has 0 unspecified atom stereocenters. The van der Waals surface area contributed by atoms with Crippen LogP contribution >= 0.6 is 11.6 Å². The fraction of sp³-hybridized carbons (Fsp3) is 0.0714. The molecule has 1 amide bonds. The van der Waals surface area contributed by atoms with E-state index in [1.165, 1.54) is 18.2 Å². The highest BCUT2D eigenvalue weighted by molar-refractivity contribution is 6.32. The fourth-order valence-corrected chi connectivity index (χ4v) is 1.86. The normalized spacial score (nSPS) is 10.1. The number of carbonyl (C=O) groups excluding carboxylic acids is 1. The summed E-state index contributed by atoms with van der Waals surface area (Å²) in [6.07, 6.45) is 0. The number of nitro benzene ring substituents is 1. The third-order valence-corrected chi connectivity index (χ3v) is 3.02. The molecule has 0 atom stereocenters. The summed E-state index contributed by atoms with van der Waals surface area (Å²) in [7, 11) is 0. The zero-order chi connectivity index (χ0) is 14.5. The van der Waals surface area contributed by atoms with E-state index >= 15 is 0 Å². The number of hydrogen-bond acceptors (Lipinski definition) is 3. The number of amides is 1. The van der Waals surface area contributed by atoms with E-state index in [1.807, 2.05) is 30.3 Å². The van der Waals surface area contributed by atoms with E-state index in [4.69, 9.17) is 11.6 Å². The van der Waals surface area contributed by atoms with Crippen LogP contribution in [0.1, 0.15) is 15.9 Å². The summed E-state index contributed by atoms with van der Waals surface area (Å²) < 4.78 is 0. The van der Waals surface area contributed by atoms with Crippen LogP contribution in [0.3, 0.4) is 0 Å². The Hall–Kier alpha value is -2.40. The highest BCUT2D eigenvalue weighted by Gasteiger charge is 2.15. The van der Waals surface area contributed by atoms with Crippen molar-refractivity contribution in [3.63, 3.8) is 0 Å². The summed E-state index contributed by atoms with van der Waals surface area (Å²) in [5.74, 6) is -0.381. The quantitative estimate of drug-likeness (QED) is 0.694. The van der Waals surface area contributed by atoms with Gasteiger partial charge in [-0.1, -0.05) is 41.9 Å². The van der Waals surface area contributed by atoms with Crippen molar-refractivity contribution in [2.24, 2.45) is 0 Å². The third kappa shape index (κ3) is 3.33.